The fraction of sp³-hybridized carbons (Fsp3) is 0.250. The first-order valence-corrected chi connectivity index (χ1v) is 7.18. The van der Waals surface area contributed by atoms with Gasteiger partial charge in [-0.3, -0.25) is 19.4 Å². The van der Waals surface area contributed by atoms with Gasteiger partial charge in [0.25, 0.3) is 0 Å². The monoisotopic (exact) mass is 313 g/mol. The molecular weight excluding hydrogens is 298 g/mol. The molecular formula is C16H15N3O4. The Morgan fingerprint density at radius 2 is 1.91 bits per heavy atom. The van der Waals surface area contributed by atoms with Gasteiger partial charge in [0.05, 0.1) is 17.7 Å². The molecule has 1 aromatic heterocycles. The molecule has 1 saturated carbocycles. The maximum absolute atomic E-state index is 12.0. The highest BCUT2D eigenvalue weighted by Crippen LogP contribution is 2.45. The van der Waals surface area contributed by atoms with E-state index in [9.17, 15) is 14.4 Å². The average molecular weight is 313 g/mol. The largest absolute Gasteiger partial charge is 0.480 e. The first kappa shape index (κ1) is 15.0. The van der Waals surface area contributed by atoms with E-state index < -0.39 is 23.2 Å². The summed E-state index contributed by atoms with van der Waals surface area (Å²) in [5.41, 5.74) is -0.151. The van der Waals surface area contributed by atoms with Crippen LogP contribution in [0.3, 0.4) is 0 Å². The topological polar surface area (TPSA) is 108 Å². The number of hydrogen-bond acceptors (Lipinski definition) is 4. The fourth-order valence-corrected chi connectivity index (χ4v) is 2.39. The molecule has 3 N–H and O–H groups in total. The number of nitrogens with one attached hydrogen (secondary N) is 2. The number of pyridine rings is 1. The van der Waals surface area contributed by atoms with Crippen LogP contribution in [0.25, 0.3) is 10.9 Å². The quantitative estimate of drug-likeness (QED) is 0.718. The van der Waals surface area contributed by atoms with Crippen molar-refractivity contribution in [2.24, 2.45) is 5.41 Å². The normalized spacial score (nSPS) is 15.0. The zero-order valence-electron chi connectivity index (χ0n) is 12.2. The Morgan fingerprint density at radius 3 is 2.61 bits per heavy atom. The molecule has 0 atom stereocenters. The minimum Gasteiger partial charge on any atom is -0.480 e. The van der Waals surface area contributed by atoms with Gasteiger partial charge in [-0.25, -0.2) is 0 Å². The molecule has 2 aromatic rings. The van der Waals surface area contributed by atoms with E-state index >= 15 is 0 Å². The molecule has 3 rings (SSSR count). The number of carboxylic acids is 1. The van der Waals surface area contributed by atoms with Crippen molar-refractivity contribution in [1.29, 1.82) is 0 Å². The van der Waals surface area contributed by atoms with Gasteiger partial charge >= 0.3 is 5.97 Å². The van der Waals surface area contributed by atoms with E-state index in [0.29, 0.717) is 24.0 Å². The van der Waals surface area contributed by atoms with Crippen molar-refractivity contribution >= 4 is 34.4 Å². The summed E-state index contributed by atoms with van der Waals surface area (Å²) in [5.74, 6) is -2.19. The van der Waals surface area contributed by atoms with Crippen molar-refractivity contribution in [1.82, 2.24) is 10.3 Å². The van der Waals surface area contributed by atoms with Crippen LogP contribution in [-0.2, 0) is 14.4 Å². The highest BCUT2D eigenvalue weighted by Gasteiger charge is 2.57. The molecule has 0 bridgehead atoms. The number of rotatable bonds is 5. The molecule has 0 saturated heterocycles. The molecule has 23 heavy (non-hydrogen) atoms. The molecule has 1 aliphatic carbocycles. The molecule has 0 radical (unpaired) electrons. The van der Waals surface area contributed by atoms with Gasteiger partial charge < -0.3 is 15.7 Å². The smallest absolute Gasteiger partial charge is 0.319 e. The molecule has 118 valence electrons. The van der Waals surface area contributed by atoms with Crippen LogP contribution in [0.5, 0.6) is 0 Å². The van der Waals surface area contributed by atoms with E-state index in [-0.39, 0.29) is 6.54 Å². The van der Waals surface area contributed by atoms with Crippen LogP contribution in [0.4, 0.5) is 5.69 Å². The van der Waals surface area contributed by atoms with Crippen LogP contribution < -0.4 is 10.6 Å². The Bertz CT molecular complexity index is 794. The SMILES string of the molecule is O=C(CNC(=O)C1(C(=O)O)CC1)Nc1cccc2cccnc12. The second kappa shape index (κ2) is 5.68. The zero-order chi connectivity index (χ0) is 16.4. The summed E-state index contributed by atoms with van der Waals surface area (Å²) in [6.45, 7) is -0.281. The average Bonchev–Trinajstić information content (AvgIpc) is 3.35. The zero-order valence-corrected chi connectivity index (χ0v) is 12.2. The fourth-order valence-electron chi connectivity index (χ4n) is 2.39. The number of benzene rings is 1. The van der Waals surface area contributed by atoms with E-state index in [1.807, 2.05) is 12.1 Å². The van der Waals surface area contributed by atoms with Crippen molar-refractivity contribution in [3.8, 4) is 0 Å². The summed E-state index contributed by atoms with van der Waals surface area (Å²) in [6.07, 6.45) is 2.25. The number of nitrogens with zero attached hydrogens (tertiary/aromatic N) is 1. The number of aliphatic carboxylic acids is 1. The number of anilines is 1. The number of carboxylic acid groups (broad SMARTS) is 1. The van der Waals surface area contributed by atoms with Gasteiger partial charge in [0.15, 0.2) is 0 Å². The van der Waals surface area contributed by atoms with E-state index in [1.54, 1.807) is 24.4 Å². The van der Waals surface area contributed by atoms with Gasteiger partial charge in [0.2, 0.25) is 11.8 Å². The van der Waals surface area contributed by atoms with Crippen molar-refractivity contribution in [3.63, 3.8) is 0 Å². The lowest BCUT2D eigenvalue weighted by Gasteiger charge is -2.11. The molecule has 1 aliphatic rings. The number of carbonyl (C=O) groups is 3. The number of para-hydroxylation sites is 1. The van der Waals surface area contributed by atoms with Crippen LogP contribution in [0.15, 0.2) is 36.5 Å². The molecule has 7 nitrogen and oxygen atoms in total. The number of hydrogen-bond donors (Lipinski definition) is 3. The second-order valence-corrected chi connectivity index (χ2v) is 5.50. The van der Waals surface area contributed by atoms with Crippen LogP contribution >= 0.6 is 0 Å². The number of amides is 2. The van der Waals surface area contributed by atoms with Gasteiger partial charge in [-0.1, -0.05) is 18.2 Å². The van der Waals surface area contributed by atoms with Crippen LogP contribution in [0, 0.1) is 5.41 Å². The first-order valence-electron chi connectivity index (χ1n) is 7.18. The lowest BCUT2D eigenvalue weighted by molar-refractivity contribution is -0.149. The highest BCUT2D eigenvalue weighted by molar-refractivity contribution is 6.07. The van der Waals surface area contributed by atoms with Crippen molar-refractivity contribution in [2.45, 2.75) is 12.8 Å². The Morgan fingerprint density at radius 1 is 1.17 bits per heavy atom. The second-order valence-electron chi connectivity index (χ2n) is 5.50. The maximum Gasteiger partial charge on any atom is 0.319 e. The van der Waals surface area contributed by atoms with Crippen LogP contribution in [0.1, 0.15) is 12.8 Å². The van der Waals surface area contributed by atoms with E-state index in [0.717, 1.165) is 5.39 Å². The minimum atomic E-state index is -1.35. The van der Waals surface area contributed by atoms with E-state index in [1.165, 1.54) is 0 Å². The van der Waals surface area contributed by atoms with Crippen LogP contribution in [0.2, 0.25) is 0 Å². The molecule has 0 spiro atoms. The lowest BCUT2D eigenvalue weighted by atomic mass is 10.1. The highest BCUT2D eigenvalue weighted by atomic mass is 16.4. The molecule has 1 heterocycles. The molecule has 0 unspecified atom stereocenters. The molecule has 1 fully saturated rings. The molecule has 7 heteroatoms. The van der Waals surface area contributed by atoms with Gasteiger partial charge in [0.1, 0.15) is 5.41 Å². The maximum atomic E-state index is 12.0. The summed E-state index contributed by atoms with van der Waals surface area (Å²) in [4.78, 5) is 39.1. The molecule has 2 amide bonds. The Balaban J connectivity index is 1.63. The van der Waals surface area contributed by atoms with Crippen molar-refractivity contribution in [2.75, 3.05) is 11.9 Å². The Kier molecular flexibility index (Phi) is 3.69. The van der Waals surface area contributed by atoms with Gasteiger partial charge in [-0.15, -0.1) is 0 Å². The number of carbonyl (C=O) groups excluding carboxylic acids is 2. The summed E-state index contributed by atoms with van der Waals surface area (Å²) >= 11 is 0. The predicted octanol–water partition coefficient (Wildman–Crippen LogP) is 1.15. The summed E-state index contributed by atoms with van der Waals surface area (Å²) in [6, 6.07) is 9.07. The lowest BCUT2D eigenvalue weighted by Crippen LogP contribution is -2.40. The van der Waals surface area contributed by atoms with Crippen LogP contribution in [-0.4, -0.2) is 34.4 Å². The van der Waals surface area contributed by atoms with Gasteiger partial charge in [-0.05, 0) is 25.0 Å². The summed E-state index contributed by atoms with van der Waals surface area (Å²) < 4.78 is 0. The summed E-state index contributed by atoms with van der Waals surface area (Å²) in [5, 5.41) is 15.0. The minimum absolute atomic E-state index is 0.281. The van der Waals surface area contributed by atoms with E-state index in [2.05, 4.69) is 15.6 Å². The predicted molar refractivity (Wildman–Crippen MR) is 82.7 cm³/mol. The Hall–Kier alpha value is -2.96. The number of fused-ring (bicyclic) bond motifs is 1. The third kappa shape index (κ3) is 2.85. The molecule has 1 aromatic carbocycles. The van der Waals surface area contributed by atoms with E-state index in [4.69, 9.17) is 5.11 Å². The summed E-state index contributed by atoms with van der Waals surface area (Å²) in [7, 11) is 0. The number of aromatic nitrogens is 1. The van der Waals surface area contributed by atoms with Gasteiger partial charge in [0, 0.05) is 11.6 Å². The van der Waals surface area contributed by atoms with Crippen molar-refractivity contribution < 1.29 is 19.5 Å². The first-order chi connectivity index (χ1) is 11.0. The third-order valence-corrected chi connectivity index (χ3v) is 3.91. The molecule has 0 aliphatic heterocycles. The third-order valence-electron chi connectivity index (χ3n) is 3.91. The van der Waals surface area contributed by atoms with Crippen molar-refractivity contribution in [3.05, 3.63) is 36.5 Å². The Labute approximate surface area is 131 Å². The van der Waals surface area contributed by atoms with Gasteiger partial charge in [-0.2, -0.15) is 0 Å². The standard InChI is InChI=1S/C16H15N3O4/c20-12(9-18-14(21)16(6-7-16)15(22)23)19-11-5-1-3-10-4-2-8-17-13(10)11/h1-5,8H,6-7,9H2,(H,18,21)(H,19,20)(H,22,23).